The van der Waals surface area contributed by atoms with Crippen molar-refractivity contribution in [3.63, 3.8) is 0 Å². The average molecular weight is 511 g/mol. The predicted octanol–water partition coefficient (Wildman–Crippen LogP) is 1.57. The molecule has 1 aromatic carbocycles. The quantitative estimate of drug-likeness (QED) is 0.440. The van der Waals surface area contributed by atoms with E-state index < -0.39 is 18.6 Å². The Bertz CT molecular complexity index is 1030. The molecule has 11 heteroatoms. The number of aromatic nitrogens is 4. The minimum absolute atomic E-state index is 0.0588. The van der Waals surface area contributed by atoms with Crippen molar-refractivity contribution in [2.75, 3.05) is 5.32 Å². The number of halogens is 1. The van der Waals surface area contributed by atoms with Gasteiger partial charge in [-0.1, -0.05) is 12.1 Å². The smallest absolute Gasteiger partial charge is 0.247 e. The highest BCUT2D eigenvalue weighted by Crippen LogP contribution is 2.32. The van der Waals surface area contributed by atoms with Crippen LogP contribution in [0.25, 0.3) is 11.2 Å². The number of hydrogen-bond donors (Lipinski definition) is 3. The summed E-state index contributed by atoms with van der Waals surface area (Å²) in [6.45, 7) is 1.61. The normalized spacial score (nSPS) is 21.4. The molecule has 4 rings (SSSR count). The standard InChI is InChI=1S/C18H18IN5O5/c1-9(25)21-18-22-15-14(20-8-24(15)13-6-12(26)17(27)29-13)16(23-18)28-7-10-2-4-11(19)5-3-10/h2-5,8,12-13,17,26-27H,6-7H2,1H3,(H,21,22,23,25)/t12-,13+,17-/m0/s1. The van der Waals surface area contributed by atoms with Crippen LogP contribution in [0.2, 0.25) is 0 Å². The number of imidazole rings is 1. The summed E-state index contributed by atoms with van der Waals surface area (Å²) in [6.07, 6.45) is -1.31. The zero-order valence-electron chi connectivity index (χ0n) is 15.3. The van der Waals surface area contributed by atoms with Gasteiger partial charge >= 0.3 is 0 Å². The van der Waals surface area contributed by atoms with E-state index in [1.165, 1.54) is 13.3 Å². The maximum atomic E-state index is 11.5. The molecule has 3 N–H and O–H groups in total. The molecule has 0 aliphatic carbocycles. The molecule has 3 atom stereocenters. The largest absolute Gasteiger partial charge is 0.471 e. The molecule has 152 valence electrons. The van der Waals surface area contributed by atoms with Gasteiger partial charge in [-0.3, -0.25) is 14.7 Å². The van der Waals surface area contributed by atoms with Crippen LogP contribution in [0.3, 0.4) is 0 Å². The fraction of sp³-hybridized carbons (Fsp3) is 0.333. The van der Waals surface area contributed by atoms with Crippen molar-refractivity contribution in [1.82, 2.24) is 19.5 Å². The maximum absolute atomic E-state index is 11.5. The minimum Gasteiger partial charge on any atom is -0.471 e. The number of hydrogen-bond acceptors (Lipinski definition) is 8. The molecule has 0 spiro atoms. The predicted molar refractivity (Wildman–Crippen MR) is 110 cm³/mol. The van der Waals surface area contributed by atoms with Gasteiger partial charge in [0.05, 0.1) is 6.33 Å². The van der Waals surface area contributed by atoms with Gasteiger partial charge in [0.15, 0.2) is 17.5 Å². The number of carbonyl (C=O) groups excluding carboxylic acids is 1. The number of benzene rings is 1. The van der Waals surface area contributed by atoms with Crippen molar-refractivity contribution in [2.24, 2.45) is 0 Å². The Labute approximate surface area is 179 Å². The van der Waals surface area contributed by atoms with E-state index >= 15 is 0 Å². The number of fused-ring (bicyclic) bond motifs is 1. The van der Waals surface area contributed by atoms with E-state index in [-0.39, 0.29) is 30.8 Å². The lowest BCUT2D eigenvalue weighted by atomic mass is 10.2. The van der Waals surface area contributed by atoms with Crippen LogP contribution in [0.4, 0.5) is 5.95 Å². The SMILES string of the molecule is CC(=O)Nc1nc(OCc2ccc(I)cc2)c2ncn([C@H]3C[C@H](O)[C@@H](O)O3)c2n1. The van der Waals surface area contributed by atoms with Crippen LogP contribution >= 0.6 is 22.6 Å². The van der Waals surface area contributed by atoms with Gasteiger partial charge in [0.1, 0.15) is 18.9 Å². The van der Waals surface area contributed by atoms with Crippen LogP contribution in [0.1, 0.15) is 25.1 Å². The summed E-state index contributed by atoms with van der Waals surface area (Å²) in [5.74, 6) is -0.0689. The van der Waals surface area contributed by atoms with Crippen molar-refractivity contribution in [3.8, 4) is 5.88 Å². The number of nitrogens with zero attached hydrogens (tertiary/aromatic N) is 4. The van der Waals surface area contributed by atoms with E-state index in [2.05, 4.69) is 42.9 Å². The highest BCUT2D eigenvalue weighted by Gasteiger charge is 2.34. The summed E-state index contributed by atoms with van der Waals surface area (Å²) in [7, 11) is 0. The Kier molecular flexibility index (Phi) is 5.63. The highest BCUT2D eigenvalue weighted by molar-refractivity contribution is 14.1. The molecule has 1 aliphatic heterocycles. The zero-order valence-corrected chi connectivity index (χ0v) is 17.5. The molecule has 0 unspecified atom stereocenters. The molecule has 10 nitrogen and oxygen atoms in total. The summed E-state index contributed by atoms with van der Waals surface area (Å²) in [6, 6.07) is 7.84. The third-order valence-corrected chi connectivity index (χ3v) is 5.06. The molecule has 0 bridgehead atoms. The molecule has 0 radical (unpaired) electrons. The number of aliphatic hydroxyl groups is 2. The maximum Gasteiger partial charge on any atom is 0.247 e. The number of carbonyl (C=O) groups is 1. The Morgan fingerprint density at radius 3 is 2.76 bits per heavy atom. The molecular weight excluding hydrogens is 493 g/mol. The first-order chi connectivity index (χ1) is 13.9. The van der Waals surface area contributed by atoms with E-state index in [0.29, 0.717) is 11.2 Å². The van der Waals surface area contributed by atoms with E-state index in [1.807, 2.05) is 24.3 Å². The number of rotatable bonds is 5. The molecule has 1 saturated heterocycles. The van der Waals surface area contributed by atoms with Crippen molar-refractivity contribution in [2.45, 2.75) is 38.6 Å². The van der Waals surface area contributed by atoms with Crippen LogP contribution < -0.4 is 10.1 Å². The molecule has 3 heterocycles. The van der Waals surface area contributed by atoms with Gasteiger partial charge in [0, 0.05) is 16.9 Å². The van der Waals surface area contributed by atoms with Crippen LogP contribution in [0.15, 0.2) is 30.6 Å². The Hall–Kier alpha value is -2.35. The first kappa shape index (κ1) is 19.9. The second-order valence-electron chi connectivity index (χ2n) is 6.56. The van der Waals surface area contributed by atoms with Crippen LogP contribution in [0, 0.1) is 3.57 Å². The van der Waals surface area contributed by atoms with Gasteiger partial charge in [-0.05, 0) is 40.3 Å². The van der Waals surface area contributed by atoms with E-state index in [1.54, 1.807) is 4.57 Å². The summed E-state index contributed by atoms with van der Waals surface area (Å²) in [5.41, 5.74) is 1.68. The van der Waals surface area contributed by atoms with Gasteiger partial charge in [-0.25, -0.2) is 4.98 Å². The van der Waals surface area contributed by atoms with Crippen molar-refractivity contribution in [3.05, 3.63) is 39.7 Å². The summed E-state index contributed by atoms with van der Waals surface area (Å²) < 4.78 is 13.9. The highest BCUT2D eigenvalue weighted by atomic mass is 127. The summed E-state index contributed by atoms with van der Waals surface area (Å²) >= 11 is 2.23. The lowest BCUT2D eigenvalue weighted by Crippen LogP contribution is -2.19. The molecule has 1 fully saturated rings. The number of aliphatic hydroxyl groups excluding tert-OH is 2. The van der Waals surface area contributed by atoms with Gasteiger partial charge in [-0.2, -0.15) is 9.97 Å². The molecule has 3 aromatic rings. The van der Waals surface area contributed by atoms with Crippen molar-refractivity contribution >= 4 is 45.6 Å². The van der Waals surface area contributed by atoms with Gasteiger partial charge < -0.3 is 19.7 Å². The van der Waals surface area contributed by atoms with E-state index in [0.717, 1.165) is 9.13 Å². The van der Waals surface area contributed by atoms with E-state index in [4.69, 9.17) is 9.47 Å². The molecule has 2 aromatic heterocycles. The van der Waals surface area contributed by atoms with Gasteiger partial charge in [0.2, 0.25) is 17.7 Å². The Morgan fingerprint density at radius 1 is 1.34 bits per heavy atom. The van der Waals surface area contributed by atoms with E-state index in [9.17, 15) is 15.0 Å². The molecule has 0 saturated carbocycles. The van der Waals surface area contributed by atoms with Crippen LogP contribution in [0.5, 0.6) is 5.88 Å². The number of anilines is 1. The van der Waals surface area contributed by atoms with Gasteiger partial charge in [0.25, 0.3) is 0 Å². The van der Waals surface area contributed by atoms with Gasteiger partial charge in [-0.15, -0.1) is 0 Å². The van der Waals surface area contributed by atoms with Crippen LogP contribution in [-0.4, -0.2) is 48.0 Å². The average Bonchev–Trinajstić information content (AvgIpc) is 3.24. The van der Waals surface area contributed by atoms with Crippen molar-refractivity contribution in [1.29, 1.82) is 0 Å². The first-order valence-electron chi connectivity index (χ1n) is 8.81. The van der Waals surface area contributed by atoms with Crippen molar-refractivity contribution < 1.29 is 24.5 Å². The fourth-order valence-electron chi connectivity index (χ4n) is 2.96. The molecule has 1 aliphatic rings. The minimum atomic E-state index is -1.29. The topological polar surface area (TPSA) is 132 Å². The molecule has 1 amide bonds. The Balaban J connectivity index is 1.68. The summed E-state index contributed by atoms with van der Waals surface area (Å²) in [5, 5.41) is 22.0. The summed E-state index contributed by atoms with van der Waals surface area (Å²) in [4.78, 5) is 24.4. The number of nitrogens with one attached hydrogen (secondary N) is 1. The second-order valence-corrected chi connectivity index (χ2v) is 7.80. The number of ether oxygens (including phenoxy) is 2. The number of amides is 1. The molecular formula is C18H18IN5O5. The second kappa shape index (κ2) is 8.18. The Morgan fingerprint density at radius 2 is 2.10 bits per heavy atom. The fourth-order valence-corrected chi connectivity index (χ4v) is 3.32. The zero-order chi connectivity index (χ0) is 20.5. The third kappa shape index (κ3) is 4.32. The van der Waals surface area contributed by atoms with Crippen LogP contribution in [-0.2, 0) is 16.1 Å². The monoisotopic (exact) mass is 511 g/mol. The lowest BCUT2D eigenvalue weighted by molar-refractivity contribution is -0.140. The first-order valence-corrected chi connectivity index (χ1v) is 9.89. The molecule has 29 heavy (non-hydrogen) atoms. The lowest BCUT2D eigenvalue weighted by Gasteiger charge is -2.13. The third-order valence-electron chi connectivity index (χ3n) is 4.35.